The fourth-order valence-electron chi connectivity index (χ4n) is 0.946. The average Bonchev–Trinajstić information content (AvgIpc) is 2.19. The first-order chi connectivity index (χ1) is 7.45. The maximum atomic E-state index is 12.3. The number of rotatable bonds is 4. The Kier molecular flexibility index (Phi) is 3.94. The summed E-state index contributed by atoms with van der Waals surface area (Å²) in [6.07, 6.45) is -4.51. The van der Waals surface area contributed by atoms with Crippen molar-refractivity contribution < 1.29 is 22.6 Å². The van der Waals surface area contributed by atoms with Crippen molar-refractivity contribution in [3.05, 3.63) is 17.8 Å². The molecular weight excluding hydrogens is 225 g/mol. The number of nitrogens with two attached hydrogens (primary N) is 1. The molecule has 0 aliphatic carbocycles. The van der Waals surface area contributed by atoms with E-state index >= 15 is 0 Å². The van der Waals surface area contributed by atoms with Gasteiger partial charge >= 0.3 is 6.18 Å². The Hall–Kier alpha value is -1.50. The van der Waals surface area contributed by atoms with Crippen LogP contribution >= 0.6 is 0 Å². The molecule has 0 saturated heterocycles. The molecular formula is C9H11F3N2O2. The number of pyridine rings is 1. The Morgan fingerprint density at radius 3 is 2.56 bits per heavy atom. The molecule has 1 aromatic heterocycles. The number of ether oxygens (including phenoxy) is 2. The van der Waals surface area contributed by atoms with Gasteiger partial charge in [-0.3, -0.25) is 0 Å². The van der Waals surface area contributed by atoms with Crippen LogP contribution in [0.25, 0.3) is 0 Å². The second-order valence-corrected chi connectivity index (χ2v) is 2.93. The minimum absolute atomic E-state index is 0.0594. The van der Waals surface area contributed by atoms with E-state index < -0.39 is 11.9 Å². The third kappa shape index (κ3) is 3.27. The maximum Gasteiger partial charge on any atom is 0.433 e. The van der Waals surface area contributed by atoms with Gasteiger partial charge < -0.3 is 15.2 Å². The lowest BCUT2D eigenvalue weighted by atomic mass is 10.3. The van der Waals surface area contributed by atoms with Crippen LogP contribution in [-0.4, -0.2) is 25.3 Å². The number of methoxy groups -OCH3 is 1. The van der Waals surface area contributed by atoms with Crippen LogP contribution in [0.5, 0.6) is 5.88 Å². The smallest absolute Gasteiger partial charge is 0.433 e. The van der Waals surface area contributed by atoms with Crippen LogP contribution in [0.1, 0.15) is 5.69 Å². The molecule has 0 aliphatic rings. The molecule has 1 heterocycles. The SMILES string of the molecule is COCCOc1nc(C(F)(F)F)ccc1N. The number of hydrogen-bond donors (Lipinski definition) is 1. The molecule has 0 radical (unpaired) electrons. The van der Waals surface area contributed by atoms with E-state index in [0.29, 0.717) is 0 Å². The summed E-state index contributed by atoms with van der Waals surface area (Å²) in [5.41, 5.74) is 4.45. The lowest BCUT2D eigenvalue weighted by molar-refractivity contribution is -0.141. The van der Waals surface area contributed by atoms with E-state index in [9.17, 15) is 13.2 Å². The lowest BCUT2D eigenvalue weighted by Gasteiger charge is -2.10. The second-order valence-electron chi connectivity index (χ2n) is 2.93. The average molecular weight is 236 g/mol. The summed E-state index contributed by atoms with van der Waals surface area (Å²) >= 11 is 0. The fraction of sp³-hybridized carbons (Fsp3) is 0.444. The molecule has 7 heteroatoms. The molecule has 1 aromatic rings. The summed E-state index contributed by atoms with van der Waals surface area (Å²) in [5, 5.41) is 0. The van der Waals surface area contributed by atoms with Gasteiger partial charge in [-0.25, -0.2) is 4.98 Å². The molecule has 0 aliphatic heterocycles. The third-order valence-corrected chi connectivity index (χ3v) is 1.71. The Morgan fingerprint density at radius 2 is 2.00 bits per heavy atom. The summed E-state index contributed by atoms with van der Waals surface area (Å²) in [4.78, 5) is 3.29. The lowest BCUT2D eigenvalue weighted by Crippen LogP contribution is -2.12. The van der Waals surface area contributed by atoms with Gasteiger partial charge in [-0.2, -0.15) is 13.2 Å². The van der Waals surface area contributed by atoms with Crippen LogP contribution in [0.4, 0.5) is 18.9 Å². The van der Waals surface area contributed by atoms with Gasteiger partial charge in [-0.1, -0.05) is 0 Å². The largest absolute Gasteiger partial charge is 0.474 e. The van der Waals surface area contributed by atoms with Gasteiger partial charge in [-0.15, -0.1) is 0 Å². The summed E-state index contributed by atoms with van der Waals surface area (Å²) < 4.78 is 46.6. The van der Waals surface area contributed by atoms with Crippen LogP contribution < -0.4 is 10.5 Å². The summed E-state index contributed by atoms with van der Waals surface area (Å²) in [6, 6.07) is 1.91. The normalized spacial score (nSPS) is 11.5. The fourth-order valence-corrected chi connectivity index (χ4v) is 0.946. The minimum atomic E-state index is -4.51. The number of halogens is 3. The third-order valence-electron chi connectivity index (χ3n) is 1.71. The van der Waals surface area contributed by atoms with Crippen molar-refractivity contribution in [2.45, 2.75) is 6.18 Å². The number of alkyl halides is 3. The van der Waals surface area contributed by atoms with Gasteiger partial charge in [-0.05, 0) is 12.1 Å². The van der Waals surface area contributed by atoms with E-state index in [-0.39, 0.29) is 24.8 Å². The van der Waals surface area contributed by atoms with E-state index in [4.69, 9.17) is 10.5 Å². The molecule has 0 spiro atoms. The van der Waals surface area contributed by atoms with Crippen molar-refractivity contribution in [3.63, 3.8) is 0 Å². The Bertz CT molecular complexity index is 355. The predicted molar refractivity (Wildman–Crippen MR) is 51.0 cm³/mol. The standard InChI is InChI=1S/C9H11F3N2O2/c1-15-4-5-16-8-6(13)2-3-7(14-8)9(10,11)12/h2-3H,4-5,13H2,1H3. The molecule has 0 unspecified atom stereocenters. The molecule has 0 bridgehead atoms. The molecule has 0 amide bonds. The molecule has 90 valence electrons. The minimum Gasteiger partial charge on any atom is -0.474 e. The van der Waals surface area contributed by atoms with Crippen molar-refractivity contribution in [1.29, 1.82) is 0 Å². The van der Waals surface area contributed by atoms with Crippen LogP contribution in [0.15, 0.2) is 12.1 Å². The molecule has 4 nitrogen and oxygen atoms in total. The van der Waals surface area contributed by atoms with Crippen LogP contribution in [0.2, 0.25) is 0 Å². The molecule has 0 atom stereocenters. The Balaban J connectivity index is 2.83. The number of nitrogen functional groups attached to an aromatic ring is 1. The van der Waals surface area contributed by atoms with E-state index in [2.05, 4.69) is 9.72 Å². The number of aromatic nitrogens is 1. The highest BCUT2D eigenvalue weighted by molar-refractivity contribution is 5.48. The summed E-state index contributed by atoms with van der Waals surface area (Å²) in [7, 11) is 1.45. The van der Waals surface area contributed by atoms with Gasteiger partial charge in [0.1, 0.15) is 12.3 Å². The molecule has 2 N–H and O–H groups in total. The predicted octanol–water partition coefficient (Wildman–Crippen LogP) is 1.71. The van der Waals surface area contributed by atoms with Gasteiger partial charge in [0.05, 0.1) is 12.3 Å². The van der Waals surface area contributed by atoms with Crippen molar-refractivity contribution in [1.82, 2.24) is 4.98 Å². The zero-order chi connectivity index (χ0) is 12.2. The highest BCUT2D eigenvalue weighted by Gasteiger charge is 2.33. The van der Waals surface area contributed by atoms with Gasteiger partial charge in [0.15, 0.2) is 0 Å². The second kappa shape index (κ2) is 5.02. The Labute approximate surface area is 90.2 Å². The first kappa shape index (κ1) is 12.6. The molecule has 16 heavy (non-hydrogen) atoms. The maximum absolute atomic E-state index is 12.3. The number of nitrogens with zero attached hydrogens (tertiary/aromatic N) is 1. The van der Waals surface area contributed by atoms with Crippen molar-refractivity contribution >= 4 is 5.69 Å². The zero-order valence-corrected chi connectivity index (χ0v) is 8.54. The van der Waals surface area contributed by atoms with Crippen molar-refractivity contribution in [3.8, 4) is 5.88 Å². The molecule has 0 fully saturated rings. The van der Waals surface area contributed by atoms with Gasteiger partial charge in [0.25, 0.3) is 0 Å². The van der Waals surface area contributed by atoms with Crippen LogP contribution in [0.3, 0.4) is 0 Å². The summed E-state index contributed by atoms with van der Waals surface area (Å²) in [5.74, 6) is -0.230. The first-order valence-electron chi connectivity index (χ1n) is 4.40. The van der Waals surface area contributed by atoms with E-state index in [1.165, 1.54) is 7.11 Å². The molecule has 0 saturated carbocycles. The summed E-state index contributed by atoms with van der Waals surface area (Å²) in [6.45, 7) is 0.340. The number of anilines is 1. The molecule has 0 aromatic carbocycles. The van der Waals surface area contributed by atoms with E-state index in [1.54, 1.807) is 0 Å². The topological polar surface area (TPSA) is 57.4 Å². The van der Waals surface area contributed by atoms with Crippen molar-refractivity contribution in [2.75, 3.05) is 26.1 Å². The van der Waals surface area contributed by atoms with E-state index in [1.807, 2.05) is 0 Å². The van der Waals surface area contributed by atoms with Gasteiger partial charge in [0.2, 0.25) is 5.88 Å². The zero-order valence-electron chi connectivity index (χ0n) is 8.54. The van der Waals surface area contributed by atoms with Gasteiger partial charge in [0, 0.05) is 7.11 Å². The number of hydrogen-bond acceptors (Lipinski definition) is 4. The molecule has 1 rings (SSSR count). The highest BCUT2D eigenvalue weighted by atomic mass is 19.4. The quantitative estimate of drug-likeness (QED) is 0.808. The van der Waals surface area contributed by atoms with E-state index in [0.717, 1.165) is 12.1 Å². The Morgan fingerprint density at radius 1 is 1.31 bits per heavy atom. The monoisotopic (exact) mass is 236 g/mol. The highest BCUT2D eigenvalue weighted by Crippen LogP contribution is 2.30. The van der Waals surface area contributed by atoms with Crippen LogP contribution in [-0.2, 0) is 10.9 Å². The van der Waals surface area contributed by atoms with Crippen LogP contribution in [0, 0.1) is 0 Å². The first-order valence-corrected chi connectivity index (χ1v) is 4.40. The van der Waals surface area contributed by atoms with Crippen molar-refractivity contribution in [2.24, 2.45) is 0 Å².